The lowest BCUT2D eigenvalue weighted by Crippen LogP contribution is -2.52. The molecule has 2 rings (SSSR count). The summed E-state index contributed by atoms with van der Waals surface area (Å²) in [4.78, 5) is 36.9. The number of benzene rings is 2. The zero-order valence-corrected chi connectivity index (χ0v) is 16.2. The second-order valence-corrected chi connectivity index (χ2v) is 6.77. The lowest BCUT2D eigenvalue weighted by Gasteiger charge is -2.22. The third-order valence-electron chi connectivity index (χ3n) is 4.50. The Morgan fingerprint density at radius 1 is 0.862 bits per heavy atom. The van der Waals surface area contributed by atoms with E-state index in [0.29, 0.717) is 24.9 Å². The van der Waals surface area contributed by atoms with Crippen LogP contribution in [0.4, 0.5) is 0 Å². The third-order valence-corrected chi connectivity index (χ3v) is 4.50. The van der Waals surface area contributed by atoms with Crippen LogP contribution in [0.5, 0.6) is 0 Å². The van der Waals surface area contributed by atoms with Crippen LogP contribution in [-0.4, -0.2) is 41.5 Å². The summed E-state index contributed by atoms with van der Waals surface area (Å²) >= 11 is 0. The highest BCUT2D eigenvalue weighted by Crippen LogP contribution is 2.08. The topological polar surface area (TPSA) is 122 Å². The normalized spacial score (nSPS) is 12.6. The molecule has 0 aliphatic heterocycles. The fourth-order valence-corrected chi connectivity index (χ4v) is 2.91. The molecule has 2 aromatic carbocycles. The van der Waals surface area contributed by atoms with Crippen molar-refractivity contribution in [3.05, 3.63) is 71.8 Å². The van der Waals surface area contributed by atoms with Gasteiger partial charge in [0, 0.05) is 12.0 Å². The van der Waals surface area contributed by atoms with Crippen LogP contribution in [0.15, 0.2) is 60.7 Å². The maximum absolute atomic E-state index is 12.8. The average molecular weight is 397 g/mol. The number of nitrogens with one attached hydrogen (secondary N) is 2. The van der Waals surface area contributed by atoms with Gasteiger partial charge in [0.05, 0.1) is 0 Å². The number of rotatable bonds is 11. The maximum Gasteiger partial charge on any atom is 0.326 e. The van der Waals surface area contributed by atoms with Crippen molar-refractivity contribution in [3.8, 4) is 0 Å². The van der Waals surface area contributed by atoms with Crippen molar-refractivity contribution in [1.29, 1.82) is 0 Å². The summed E-state index contributed by atoms with van der Waals surface area (Å²) in [5, 5.41) is 14.7. The number of hydrogen-bond donors (Lipinski definition) is 4. The average Bonchev–Trinajstić information content (AvgIpc) is 2.73. The van der Waals surface area contributed by atoms with Crippen molar-refractivity contribution in [1.82, 2.24) is 10.6 Å². The SMILES string of the molecule is NCCCC[C@H](NC(=O)[C@H](Cc1ccccc1)NC(=O)c1ccccc1)C(=O)O. The fraction of sp³-hybridized carbons (Fsp3) is 0.318. The molecule has 0 aromatic heterocycles. The lowest BCUT2D eigenvalue weighted by atomic mass is 10.0. The van der Waals surface area contributed by atoms with Gasteiger partial charge in [-0.1, -0.05) is 48.5 Å². The molecule has 0 saturated heterocycles. The molecule has 0 fully saturated rings. The van der Waals surface area contributed by atoms with Gasteiger partial charge in [0.25, 0.3) is 5.91 Å². The molecule has 29 heavy (non-hydrogen) atoms. The summed E-state index contributed by atoms with van der Waals surface area (Å²) in [5.41, 5.74) is 6.74. The Bertz CT molecular complexity index is 796. The monoisotopic (exact) mass is 397 g/mol. The molecule has 0 aliphatic rings. The van der Waals surface area contributed by atoms with Crippen LogP contribution in [0, 0.1) is 0 Å². The molecular formula is C22H27N3O4. The Hall–Kier alpha value is -3.19. The highest BCUT2D eigenvalue weighted by molar-refractivity contribution is 5.98. The van der Waals surface area contributed by atoms with Gasteiger partial charge in [0.1, 0.15) is 12.1 Å². The molecule has 0 saturated carbocycles. The number of carbonyl (C=O) groups is 3. The first kappa shape index (κ1) is 22.1. The molecule has 0 radical (unpaired) electrons. The molecule has 2 aromatic rings. The number of aliphatic carboxylic acids is 1. The van der Waals surface area contributed by atoms with E-state index in [9.17, 15) is 19.5 Å². The van der Waals surface area contributed by atoms with Gasteiger partial charge in [-0.3, -0.25) is 9.59 Å². The van der Waals surface area contributed by atoms with Crippen LogP contribution in [0.1, 0.15) is 35.2 Å². The molecule has 0 bridgehead atoms. The summed E-state index contributed by atoms with van der Waals surface area (Å²) in [5.74, 6) is -2.03. The van der Waals surface area contributed by atoms with Crippen LogP contribution in [0.3, 0.4) is 0 Å². The summed E-state index contributed by atoms with van der Waals surface area (Å²) in [6.45, 7) is 0.462. The molecule has 0 unspecified atom stereocenters. The van der Waals surface area contributed by atoms with Gasteiger partial charge in [-0.2, -0.15) is 0 Å². The minimum atomic E-state index is -1.11. The Kier molecular flexibility index (Phi) is 8.85. The maximum atomic E-state index is 12.8. The van der Waals surface area contributed by atoms with E-state index in [1.165, 1.54) is 0 Å². The number of unbranched alkanes of at least 4 members (excludes halogenated alkanes) is 1. The number of nitrogens with two attached hydrogens (primary N) is 1. The first-order valence-corrected chi connectivity index (χ1v) is 9.64. The number of amides is 2. The minimum Gasteiger partial charge on any atom is -0.480 e. The van der Waals surface area contributed by atoms with Gasteiger partial charge in [-0.15, -0.1) is 0 Å². The standard InChI is InChI=1S/C22H27N3O4/c23-14-8-7-13-18(22(28)29)24-21(27)19(15-16-9-3-1-4-10-16)25-20(26)17-11-5-2-6-12-17/h1-6,9-12,18-19H,7-8,13-15,23H2,(H,24,27)(H,25,26)(H,28,29)/t18-,19-/m0/s1. The van der Waals surface area contributed by atoms with Crippen LogP contribution in [0.2, 0.25) is 0 Å². The second kappa shape index (κ2) is 11.6. The first-order valence-electron chi connectivity index (χ1n) is 9.64. The third kappa shape index (κ3) is 7.38. The van der Waals surface area contributed by atoms with E-state index in [1.54, 1.807) is 30.3 Å². The zero-order valence-electron chi connectivity index (χ0n) is 16.2. The van der Waals surface area contributed by atoms with Crippen molar-refractivity contribution in [3.63, 3.8) is 0 Å². The van der Waals surface area contributed by atoms with Crippen LogP contribution < -0.4 is 16.4 Å². The second-order valence-electron chi connectivity index (χ2n) is 6.77. The zero-order chi connectivity index (χ0) is 21.1. The Morgan fingerprint density at radius 2 is 1.48 bits per heavy atom. The van der Waals surface area contributed by atoms with E-state index in [2.05, 4.69) is 10.6 Å². The molecule has 0 spiro atoms. The van der Waals surface area contributed by atoms with Gasteiger partial charge >= 0.3 is 5.97 Å². The molecule has 7 nitrogen and oxygen atoms in total. The predicted molar refractivity (Wildman–Crippen MR) is 110 cm³/mol. The summed E-state index contributed by atoms with van der Waals surface area (Å²) in [7, 11) is 0. The Balaban J connectivity index is 2.13. The van der Waals surface area contributed by atoms with Crippen molar-refractivity contribution in [2.45, 2.75) is 37.8 Å². The van der Waals surface area contributed by atoms with Crippen LogP contribution in [0.25, 0.3) is 0 Å². The van der Waals surface area contributed by atoms with E-state index < -0.39 is 29.9 Å². The lowest BCUT2D eigenvalue weighted by molar-refractivity contribution is -0.142. The number of carbonyl (C=O) groups excluding carboxylic acids is 2. The van der Waals surface area contributed by atoms with Crippen molar-refractivity contribution >= 4 is 17.8 Å². The van der Waals surface area contributed by atoms with Crippen molar-refractivity contribution in [2.24, 2.45) is 5.73 Å². The summed E-state index contributed by atoms with van der Waals surface area (Å²) in [6.07, 6.45) is 1.80. The van der Waals surface area contributed by atoms with E-state index in [-0.39, 0.29) is 12.8 Å². The first-order chi connectivity index (χ1) is 14.0. The van der Waals surface area contributed by atoms with Crippen LogP contribution in [-0.2, 0) is 16.0 Å². The van der Waals surface area contributed by atoms with Gasteiger partial charge in [-0.05, 0) is 43.5 Å². The van der Waals surface area contributed by atoms with E-state index >= 15 is 0 Å². The molecular weight excluding hydrogens is 370 g/mol. The summed E-state index contributed by atoms with van der Waals surface area (Å²) in [6, 6.07) is 15.9. The molecule has 0 aliphatic carbocycles. The number of hydrogen-bond acceptors (Lipinski definition) is 4. The summed E-state index contributed by atoms with van der Waals surface area (Å²) < 4.78 is 0. The fourth-order valence-electron chi connectivity index (χ4n) is 2.91. The smallest absolute Gasteiger partial charge is 0.326 e. The van der Waals surface area contributed by atoms with E-state index in [4.69, 9.17) is 5.73 Å². The molecule has 0 heterocycles. The molecule has 2 atom stereocenters. The molecule has 154 valence electrons. The highest BCUT2D eigenvalue weighted by Gasteiger charge is 2.26. The van der Waals surface area contributed by atoms with Gasteiger partial charge in [-0.25, -0.2) is 4.79 Å². The number of carboxylic acid groups (broad SMARTS) is 1. The highest BCUT2D eigenvalue weighted by atomic mass is 16.4. The quantitative estimate of drug-likeness (QED) is 0.430. The minimum absolute atomic E-state index is 0.250. The van der Waals surface area contributed by atoms with Crippen LogP contribution >= 0.6 is 0 Å². The van der Waals surface area contributed by atoms with Gasteiger partial charge < -0.3 is 21.5 Å². The molecule has 7 heteroatoms. The molecule has 5 N–H and O–H groups in total. The van der Waals surface area contributed by atoms with Gasteiger partial charge in [0.2, 0.25) is 5.91 Å². The Morgan fingerprint density at radius 3 is 2.07 bits per heavy atom. The van der Waals surface area contributed by atoms with E-state index in [0.717, 1.165) is 5.56 Å². The van der Waals surface area contributed by atoms with Gasteiger partial charge in [0.15, 0.2) is 0 Å². The van der Waals surface area contributed by atoms with Crippen molar-refractivity contribution < 1.29 is 19.5 Å². The largest absolute Gasteiger partial charge is 0.480 e. The Labute approximate surface area is 170 Å². The van der Waals surface area contributed by atoms with Crippen molar-refractivity contribution in [2.75, 3.05) is 6.54 Å². The number of carboxylic acids is 1. The van der Waals surface area contributed by atoms with E-state index in [1.807, 2.05) is 30.3 Å². The predicted octanol–water partition coefficient (Wildman–Crippen LogP) is 1.73. The molecule has 2 amide bonds.